The summed E-state index contributed by atoms with van der Waals surface area (Å²) in [6.45, 7) is 14.0. The Kier molecular flexibility index (Phi) is 64.2. The van der Waals surface area contributed by atoms with Crippen LogP contribution in [0, 0.1) is 0 Å². The number of hydrogen-bond acceptors (Lipinski definition) is 11. The summed E-state index contributed by atoms with van der Waals surface area (Å²) < 4.78 is 0. The lowest BCUT2D eigenvalue weighted by Gasteiger charge is -2.19. The molecule has 0 saturated heterocycles. The van der Waals surface area contributed by atoms with Crippen LogP contribution in [-0.2, 0) is 0 Å². The quantitative estimate of drug-likeness (QED) is 0.0328. The number of thioether (sulfide) groups is 6. The normalized spacial score (nSPS) is 11.6. The van der Waals surface area contributed by atoms with Crippen LogP contribution < -0.4 is 10.6 Å². The average molecular weight is 1540 g/mol. The fraction of sp³-hybridized carbons (Fsp3) is 0.774. The Morgan fingerprint density at radius 1 is 0.221 bits per heavy atom. The van der Waals surface area contributed by atoms with E-state index in [0.29, 0.717) is 17.7 Å². The minimum Gasteiger partial charge on any atom is -0.324 e. The van der Waals surface area contributed by atoms with Gasteiger partial charge in [-0.2, -0.15) is 15.0 Å². The van der Waals surface area contributed by atoms with E-state index in [1.807, 2.05) is 0 Å². The van der Waals surface area contributed by atoms with Gasteiger partial charge in [-0.05, 0) is 97.3 Å². The second-order valence-corrected chi connectivity index (χ2v) is 37.5. The van der Waals surface area contributed by atoms with Gasteiger partial charge in [0.05, 0.1) is 0 Å². The molecule has 0 unspecified atom stereocenters. The first-order chi connectivity index (χ1) is 51.5. The second kappa shape index (κ2) is 70.5. The predicted octanol–water partition coefficient (Wildman–Crippen LogP) is 35.1. The Balaban J connectivity index is 1.71. The minimum absolute atomic E-state index is 0.596. The van der Waals surface area contributed by atoms with Crippen molar-refractivity contribution in [2.45, 2.75) is 456 Å². The highest BCUT2D eigenvalue weighted by atomic mass is 32.2. The highest BCUT2D eigenvalue weighted by Gasteiger charge is 2.19. The Bertz CT molecular complexity index is 2300. The van der Waals surface area contributed by atoms with Crippen molar-refractivity contribution >= 4 is 93.8 Å². The SMILES string of the molecule is CCCCCCCCCCCCSc1cc(Nc2nc(Nc3cc(SCCCCCCCCCCCC)c(SCCCCCCCCCCCC)c(SCCCCCCCCCCCC)c3)nc(-c3ccccc3)n2)cc(SCCCCCCCCCCCC)c1SCCCCCCCCCCCC. The molecule has 5 nitrogen and oxygen atoms in total. The third-order valence-electron chi connectivity index (χ3n) is 20.7. The molecule has 0 aliphatic heterocycles. The zero-order chi connectivity index (χ0) is 73.7. The highest BCUT2D eigenvalue weighted by Crippen LogP contribution is 2.45. The molecule has 4 rings (SSSR count). The molecular weight excluding hydrogens is 1380 g/mol. The van der Waals surface area contributed by atoms with E-state index < -0.39 is 0 Å². The maximum Gasteiger partial charge on any atom is 0.232 e. The third kappa shape index (κ3) is 50.3. The van der Waals surface area contributed by atoms with E-state index in [0.717, 1.165) is 39.9 Å². The summed E-state index contributed by atoms with van der Waals surface area (Å²) in [5.74, 6) is 8.86. The number of anilines is 4. The molecule has 104 heavy (non-hydrogen) atoms. The van der Waals surface area contributed by atoms with E-state index in [1.54, 1.807) is 0 Å². The van der Waals surface area contributed by atoms with Gasteiger partial charge >= 0.3 is 0 Å². The summed E-state index contributed by atoms with van der Waals surface area (Å²) >= 11 is 12.7. The molecule has 2 N–H and O–H groups in total. The summed E-state index contributed by atoms with van der Waals surface area (Å²) in [5, 5.41) is 7.82. The van der Waals surface area contributed by atoms with Crippen molar-refractivity contribution in [3.8, 4) is 11.4 Å². The van der Waals surface area contributed by atoms with E-state index in [9.17, 15) is 0 Å². The van der Waals surface area contributed by atoms with Crippen molar-refractivity contribution in [2.75, 3.05) is 45.2 Å². The van der Waals surface area contributed by atoms with Gasteiger partial charge in [-0.15, -0.1) is 70.6 Å². The standard InChI is InChI=1S/C93H161N5S6/c1-7-13-19-25-31-37-43-49-55-64-72-99-85-78-83(79-86(100-73-65-56-50-44-38-32-26-20-14-8-2)89(85)103-76-68-59-53-47-41-35-29-23-17-11-5)94-92-96-91(82-70-62-61-63-71-82)97-93(98-92)95-84-80-87(101-74-66-57-51-45-39-33-27-21-15-9-3)90(104-77-69-60-54-48-42-36-30-24-18-12-6)88(81-84)102-75-67-58-52-46-40-34-28-22-16-10-4/h61-63,70-71,78-81H,7-60,64-69,72-77H2,1-6H3,(H2,94,95,96,97,98). The summed E-state index contributed by atoms with van der Waals surface area (Å²) in [6, 6.07) is 20.5. The molecule has 1 heterocycles. The minimum atomic E-state index is 0.596. The van der Waals surface area contributed by atoms with E-state index in [2.05, 4.69) is 177 Å². The van der Waals surface area contributed by atoms with Crippen LogP contribution in [0.3, 0.4) is 0 Å². The van der Waals surface area contributed by atoms with Gasteiger partial charge in [0.15, 0.2) is 5.82 Å². The van der Waals surface area contributed by atoms with Crippen LogP contribution >= 0.6 is 70.6 Å². The summed E-state index contributed by atoms with van der Waals surface area (Å²) in [5.41, 5.74) is 3.17. The molecule has 0 fully saturated rings. The Morgan fingerprint density at radius 3 is 0.625 bits per heavy atom. The monoisotopic (exact) mass is 1540 g/mol. The first-order valence-electron chi connectivity index (χ1n) is 45.0. The smallest absolute Gasteiger partial charge is 0.232 e. The number of hydrogen-bond donors (Lipinski definition) is 2. The number of rotatable bonds is 77. The Labute approximate surface area is 670 Å². The van der Waals surface area contributed by atoms with E-state index >= 15 is 0 Å². The molecule has 0 aliphatic carbocycles. The van der Waals surface area contributed by atoms with Crippen molar-refractivity contribution < 1.29 is 0 Å². The van der Waals surface area contributed by atoms with Crippen molar-refractivity contribution in [3.63, 3.8) is 0 Å². The molecule has 0 atom stereocenters. The molecule has 0 spiro atoms. The molecule has 0 bridgehead atoms. The van der Waals surface area contributed by atoms with E-state index in [1.165, 1.54) is 426 Å². The molecule has 11 heteroatoms. The number of aromatic nitrogens is 3. The molecule has 1 aromatic heterocycles. The molecular formula is C93H161N5S6. The maximum absolute atomic E-state index is 5.38. The fourth-order valence-electron chi connectivity index (χ4n) is 14.1. The number of unbranched alkanes of at least 4 members (excludes halogenated alkanes) is 54. The van der Waals surface area contributed by atoms with Gasteiger partial charge in [-0.25, -0.2) is 0 Å². The van der Waals surface area contributed by atoms with Crippen LogP contribution in [0.5, 0.6) is 0 Å². The largest absolute Gasteiger partial charge is 0.324 e. The summed E-state index contributed by atoms with van der Waals surface area (Å²) in [4.78, 5) is 24.7. The molecule has 0 radical (unpaired) electrons. The van der Waals surface area contributed by atoms with Crippen LogP contribution in [0.25, 0.3) is 11.4 Å². The number of benzene rings is 3. The number of nitrogens with one attached hydrogen (secondary N) is 2. The van der Waals surface area contributed by atoms with Crippen LogP contribution in [0.4, 0.5) is 23.3 Å². The van der Waals surface area contributed by atoms with Crippen LogP contribution in [0.2, 0.25) is 0 Å². The zero-order valence-electron chi connectivity index (χ0n) is 68.7. The van der Waals surface area contributed by atoms with Gasteiger partial charge in [-0.3, -0.25) is 0 Å². The van der Waals surface area contributed by atoms with E-state index in [4.69, 9.17) is 15.0 Å². The molecule has 3 aromatic carbocycles. The van der Waals surface area contributed by atoms with Gasteiger partial charge in [0, 0.05) is 46.3 Å². The van der Waals surface area contributed by atoms with Crippen molar-refractivity contribution in [2.24, 2.45) is 0 Å². The van der Waals surface area contributed by atoms with Gasteiger partial charge in [0.1, 0.15) is 0 Å². The van der Waals surface area contributed by atoms with Crippen molar-refractivity contribution in [1.82, 2.24) is 15.0 Å². The Morgan fingerprint density at radius 2 is 0.413 bits per heavy atom. The second-order valence-electron chi connectivity index (χ2n) is 30.7. The molecule has 4 aromatic rings. The topological polar surface area (TPSA) is 62.7 Å². The maximum atomic E-state index is 5.38. The molecule has 594 valence electrons. The Hall–Kier alpha value is -1.63. The van der Waals surface area contributed by atoms with Gasteiger partial charge < -0.3 is 10.6 Å². The fourth-order valence-corrected chi connectivity index (χ4v) is 21.6. The average Bonchev–Trinajstić information content (AvgIpc) is 0.812. The first kappa shape index (κ1) is 94.7. The van der Waals surface area contributed by atoms with Crippen molar-refractivity contribution in [3.05, 3.63) is 54.6 Å². The molecule has 0 saturated carbocycles. The van der Waals surface area contributed by atoms with Crippen LogP contribution in [0.1, 0.15) is 427 Å². The number of nitrogens with zero attached hydrogens (tertiary/aromatic N) is 3. The lowest BCUT2D eigenvalue weighted by atomic mass is 10.1. The van der Waals surface area contributed by atoms with Crippen molar-refractivity contribution in [1.29, 1.82) is 0 Å². The van der Waals surface area contributed by atoms with Crippen LogP contribution in [-0.4, -0.2) is 49.5 Å². The van der Waals surface area contributed by atoms with Gasteiger partial charge in [-0.1, -0.05) is 419 Å². The van der Waals surface area contributed by atoms with Gasteiger partial charge in [0.25, 0.3) is 0 Å². The zero-order valence-corrected chi connectivity index (χ0v) is 73.6. The lowest BCUT2D eigenvalue weighted by Crippen LogP contribution is -2.06. The first-order valence-corrected chi connectivity index (χ1v) is 50.9. The highest BCUT2D eigenvalue weighted by molar-refractivity contribution is 8.04. The predicted molar refractivity (Wildman–Crippen MR) is 480 cm³/mol. The molecule has 0 aliphatic rings. The van der Waals surface area contributed by atoms with E-state index in [-0.39, 0.29) is 0 Å². The summed E-state index contributed by atoms with van der Waals surface area (Å²) in [6.07, 6.45) is 82.2. The molecule has 0 amide bonds. The lowest BCUT2D eigenvalue weighted by molar-refractivity contribution is 0.563. The summed E-state index contributed by atoms with van der Waals surface area (Å²) in [7, 11) is 0. The third-order valence-corrected chi connectivity index (χ3v) is 28.2. The van der Waals surface area contributed by atoms with Crippen LogP contribution in [0.15, 0.2) is 84.0 Å². The van der Waals surface area contributed by atoms with Gasteiger partial charge in [0.2, 0.25) is 11.9 Å².